The fourth-order valence-corrected chi connectivity index (χ4v) is 6.97. The molecule has 0 aliphatic carbocycles. The number of benzene rings is 1. The zero-order valence-corrected chi connectivity index (χ0v) is 24.4. The van der Waals surface area contributed by atoms with E-state index >= 15 is 0 Å². The van der Waals surface area contributed by atoms with Crippen LogP contribution in [0.4, 0.5) is 8.78 Å². The molecule has 4 rings (SSSR count). The van der Waals surface area contributed by atoms with Crippen LogP contribution in [0.2, 0.25) is 10.0 Å². The third-order valence-electron chi connectivity index (χ3n) is 5.72. The van der Waals surface area contributed by atoms with Gasteiger partial charge in [-0.25, -0.2) is 26.9 Å². The van der Waals surface area contributed by atoms with Gasteiger partial charge in [0.2, 0.25) is 15.8 Å². The molecule has 0 saturated carbocycles. The lowest BCUT2D eigenvalue weighted by Crippen LogP contribution is -2.43. The molecule has 0 radical (unpaired) electrons. The van der Waals surface area contributed by atoms with Crippen molar-refractivity contribution in [2.75, 3.05) is 13.1 Å². The van der Waals surface area contributed by atoms with E-state index in [0.29, 0.717) is 0 Å². The van der Waals surface area contributed by atoms with E-state index in [2.05, 4.69) is 19.8 Å². The first kappa shape index (κ1) is 29.7. The van der Waals surface area contributed by atoms with Gasteiger partial charge in [0.15, 0.2) is 5.01 Å². The maximum atomic E-state index is 13.7. The molecule has 0 atom stereocenters. The Kier molecular flexibility index (Phi) is 8.11. The summed E-state index contributed by atoms with van der Waals surface area (Å²) in [6, 6.07) is 2.24. The number of piperidine rings is 1. The number of carbonyl (C=O) groups is 1. The van der Waals surface area contributed by atoms with Crippen LogP contribution in [-0.4, -0.2) is 64.5 Å². The fraction of sp³-hybridized carbons (Fsp3) is 0.478. The van der Waals surface area contributed by atoms with E-state index < -0.39 is 46.3 Å². The highest BCUT2D eigenvalue weighted by atomic mass is 35.5. The van der Waals surface area contributed by atoms with Crippen molar-refractivity contribution in [3.8, 4) is 21.3 Å². The van der Waals surface area contributed by atoms with Gasteiger partial charge in [-0.05, 0) is 33.8 Å². The highest BCUT2D eigenvalue weighted by Crippen LogP contribution is 2.43. The van der Waals surface area contributed by atoms with Crippen LogP contribution < -0.4 is 4.72 Å². The van der Waals surface area contributed by atoms with Crippen LogP contribution >= 0.6 is 34.5 Å². The van der Waals surface area contributed by atoms with E-state index in [1.165, 1.54) is 30.9 Å². The van der Waals surface area contributed by atoms with Crippen molar-refractivity contribution in [2.24, 2.45) is 0 Å². The van der Waals surface area contributed by atoms with Crippen LogP contribution in [0, 0.1) is 0 Å². The number of aliphatic hydroxyl groups is 1. The van der Waals surface area contributed by atoms with E-state index in [0.717, 1.165) is 11.3 Å². The topological polar surface area (TPSA) is 139 Å². The Labute approximate surface area is 237 Å². The Morgan fingerprint density at radius 3 is 2.41 bits per heavy atom. The van der Waals surface area contributed by atoms with Gasteiger partial charge in [0.1, 0.15) is 16.2 Å². The molecule has 0 bridgehead atoms. The van der Waals surface area contributed by atoms with Crippen molar-refractivity contribution < 1.29 is 31.6 Å². The number of rotatable bonds is 7. The average Bonchev–Trinajstić information content (AvgIpc) is 3.47. The third-order valence-corrected chi connectivity index (χ3v) is 9.50. The number of thiazole rings is 1. The smallest absolute Gasteiger partial charge is 0.274 e. The minimum atomic E-state index is -4.00. The number of aromatic nitrogens is 3. The minimum absolute atomic E-state index is 0.0230. The molecular weight excluding hydrogens is 599 g/mol. The summed E-state index contributed by atoms with van der Waals surface area (Å²) < 4.78 is 60.5. The summed E-state index contributed by atoms with van der Waals surface area (Å²) in [4.78, 5) is 23.2. The lowest BCUT2D eigenvalue weighted by molar-refractivity contribution is -0.0494. The summed E-state index contributed by atoms with van der Waals surface area (Å²) in [7, 11) is -4.00. The van der Waals surface area contributed by atoms with Crippen molar-refractivity contribution in [3.05, 3.63) is 33.8 Å². The Morgan fingerprint density at radius 1 is 1.21 bits per heavy atom. The summed E-state index contributed by atoms with van der Waals surface area (Å²) in [6.45, 7) is 5.83. The van der Waals surface area contributed by atoms with Crippen LogP contribution in [0.1, 0.15) is 56.9 Å². The van der Waals surface area contributed by atoms with Gasteiger partial charge in [0.25, 0.3) is 17.7 Å². The number of sulfonamides is 1. The van der Waals surface area contributed by atoms with Crippen molar-refractivity contribution in [1.82, 2.24) is 24.7 Å². The van der Waals surface area contributed by atoms with Crippen molar-refractivity contribution in [2.45, 2.75) is 63.0 Å². The minimum Gasteiger partial charge on any atom is -0.381 e. The second kappa shape index (κ2) is 10.6. The molecule has 2 aromatic heterocycles. The van der Waals surface area contributed by atoms with E-state index in [1.54, 1.807) is 13.8 Å². The predicted octanol–water partition coefficient (Wildman–Crippen LogP) is 4.95. The highest BCUT2D eigenvalue weighted by Gasteiger charge is 2.38. The molecule has 212 valence electrons. The number of halogens is 4. The van der Waals surface area contributed by atoms with Gasteiger partial charge >= 0.3 is 0 Å². The van der Waals surface area contributed by atoms with Crippen LogP contribution in [0.25, 0.3) is 21.3 Å². The first-order valence-corrected chi connectivity index (χ1v) is 14.8. The van der Waals surface area contributed by atoms with Crippen molar-refractivity contribution in [1.29, 1.82) is 0 Å². The molecule has 10 nitrogen and oxygen atoms in total. The third kappa shape index (κ3) is 6.25. The molecule has 0 unspecified atom stereocenters. The Balaban J connectivity index is 1.82. The van der Waals surface area contributed by atoms with Crippen LogP contribution in [0.5, 0.6) is 0 Å². The van der Waals surface area contributed by atoms with Gasteiger partial charge in [-0.3, -0.25) is 4.79 Å². The van der Waals surface area contributed by atoms with Gasteiger partial charge in [-0.1, -0.05) is 34.4 Å². The maximum Gasteiger partial charge on any atom is 0.274 e. The number of amides is 1. The van der Waals surface area contributed by atoms with E-state index in [9.17, 15) is 27.1 Å². The molecule has 39 heavy (non-hydrogen) atoms. The lowest BCUT2D eigenvalue weighted by Gasteiger charge is -2.31. The van der Waals surface area contributed by atoms with Gasteiger partial charge in [0.05, 0.1) is 14.9 Å². The summed E-state index contributed by atoms with van der Waals surface area (Å²) in [6.07, 6.45) is -0.986. The molecule has 2 N–H and O–H groups in total. The fourth-order valence-electron chi connectivity index (χ4n) is 3.78. The van der Waals surface area contributed by atoms with Crippen LogP contribution in [-0.2, 0) is 15.6 Å². The SMILES string of the molecule is CC(C)NS(=O)(=O)c1ccc(-c2sc(-c3noc(C(C)(C)O)n3)nc2C(=O)N2CCC(F)(F)CC2)c(Cl)c1Cl. The highest BCUT2D eigenvalue weighted by molar-refractivity contribution is 7.89. The second-order valence-electron chi connectivity index (χ2n) is 9.84. The monoisotopic (exact) mass is 623 g/mol. The molecule has 3 aromatic rings. The second-order valence-corrected chi connectivity index (χ2v) is 13.3. The number of nitrogens with one attached hydrogen (secondary N) is 1. The van der Waals surface area contributed by atoms with E-state index in [1.807, 2.05) is 0 Å². The number of nitrogens with zero attached hydrogens (tertiary/aromatic N) is 4. The Bertz CT molecular complexity index is 1510. The molecule has 3 heterocycles. The molecular formula is C23H25Cl2F2N5O5S2. The van der Waals surface area contributed by atoms with Gasteiger partial charge in [-0.2, -0.15) is 4.98 Å². The van der Waals surface area contributed by atoms with Crippen molar-refractivity contribution >= 4 is 50.5 Å². The molecule has 1 aliphatic rings. The molecule has 1 aromatic carbocycles. The number of hydrogen-bond donors (Lipinski definition) is 2. The number of carbonyl (C=O) groups excluding carboxylic acids is 1. The number of hydrogen-bond acceptors (Lipinski definition) is 9. The van der Waals surface area contributed by atoms with Crippen LogP contribution in [0.3, 0.4) is 0 Å². The van der Waals surface area contributed by atoms with E-state index in [-0.39, 0.29) is 60.9 Å². The number of likely N-dealkylation sites (tertiary alicyclic amines) is 1. The molecule has 0 spiro atoms. The summed E-state index contributed by atoms with van der Waals surface area (Å²) in [5.41, 5.74) is -1.36. The quantitative estimate of drug-likeness (QED) is 0.377. The zero-order chi connectivity index (χ0) is 28.9. The van der Waals surface area contributed by atoms with Gasteiger partial charge in [0, 0.05) is 37.5 Å². The molecule has 1 aliphatic heterocycles. The Hall–Kier alpha value is -2.23. The zero-order valence-electron chi connectivity index (χ0n) is 21.3. The maximum absolute atomic E-state index is 13.7. The standard InChI is InChI=1S/C23H25Cl2F2N5O5S2/c1-11(2)31-39(35,36)13-6-5-12(14(24)15(13)25)17-16(20(33)32-9-7-23(26,27)8-10-32)28-19(38-17)18-29-21(37-30-18)22(3,4)34/h5-6,11,31,34H,7-10H2,1-4H3. The van der Waals surface area contributed by atoms with Gasteiger partial charge < -0.3 is 14.5 Å². The lowest BCUT2D eigenvalue weighted by atomic mass is 10.1. The number of alkyl halides is 2. The average molecular weight is 625 g/mol. The summed E-state index contributed by atoms with van der Waals surface area (Å²) in [5.74, 6) is -3.61. The van der Waals surface area contributed by atoms with Gasteiger partial charge in [-0.15, -0.1) is 11.3 Å². The van der Waals surface area contributed by atoms with Crippen molar-refractivity contribution in [3.63, 3.8) is 0 Å². The predicted molar refractivity (Wildman–Crippen MR) is 142 cm³/mol. The Morgan fingerprint density at radius 2 is 1.85 bits per heavy atom. The largest absolute Gasteiger partial charge is 0.381 e. The van der Waals surface area contributed by atoms with Crippen LogP contribution in [0.15, 0.2) is 21.6 Å². The first-order chi connectivity index (χ1) is 18.0. The normalized spacial score (nSPS) is 16.2. The summed E-state index contributed by atoms with van der Waals surface area (Å²) in [5, 5.41) is 13.7. The van der Waals surface area contributed by atoms with E-state index in [4.69, 9.17) is 27.7 Å². The molecule has 1 fully saturated rings. The first-order valence-electron chi connectivity index (χ1n) is 11.8. The molecule has 1 amide bonds. The summed E-state index contributed by atoms with van der Waals surface area (Å²) >= 11 is 13.9. The molecule has 1 saturated heterocycles. The molecule has 16 heteroatoms.